The van der Waals surface area contributed by atoms with Crippen LogP contribution < -0.4 is 5.32 Å². The molecular weight excluding hydrogens is 248 g/mol. The van der Waals surface area contributed by atoms with E-state index in [2.05, 4.69) is 31.1 Å². The third-order valence-electron chi connectivity index (χ3n) is 3.25. The number of nitrogens with zero attached hydrogens (tertiary/aromatic N) is 1. The SMILES string of the molecule is CCC(CC)C(C)Nc1nc(CCC(=O)O)cs1. The van der Waals surface area contributed by atoms with E-state index in [1.54, 1.807) is 11.3 Å². The number of aryl methyl sites for hydroxylation is 1. The lowest BCUT2D eigenvalue weighted by molar-refractivity contribution is -0.136. The molecule has 1 aromatic rings. The lowest BCUT2D eigenvalue weighted by atomic mass is 9.96. The lowest BCUT2D eigenvalue weighted by Gasteiger charge is -2.21. The first-order valence-electron chi connectivity index (χ1n) is 6.49. The van der Waals surface area contributed by atoms with Crippen LogP contribution in [0.2, 0.25) is 0 Å². The van der Waals surface area contributed by atoms with Crippen molar-refractivity contribution in [1.82, 2.24) is 4.98 Å². The highest BCUT2D eigenvalue weighted by Gasteiger charge is 2.14. The molecule has 5 heteroatoms. The van der Waals surface area contributed by atoms with Crippen molar-refractivity contribution >= 4 is 22.4 Å². The summed E-state index contributed by atoms with van der Waals surface area (Å²) in [5, 5.41) is 14.9. The van der Waals surface area contributed by atoms with Crippen molar-refractivity contribution in [2.75, 3.05) is 5.32 Å². The van der Waals surface area contributed by atoms with Gasteiger partial charge in [0.15, 0.2) is 5.13 Å². The molecule has 0 aliphatic rings. The second kappa shape index (κ2) is 7.36. The minimum atomic E-state index is -0.775. The van der Waals surface area contributed by atoms with Gasteiger partial charge in [0.05, 0.1) is 12.1 Å². The first-order chi connectivity index (χ1) is 8.56. The van der Waals surface area contributed by atoms with Gasteiger partial charge in [-0.25, -0.2) is 4.98 Å². The zero-order valence-corrected chi connectivity index (χ0v) is 12.1. The van der Waals surface area contributed by atoms with Crippen LogP contribution in [0.4, 0.5) is 5.13 Å². The van der Waals surface area contributed by atoms with Gasteiger partial charge in [-0.15, -0.1) is 11.3 Å². The molecule has 2 N–H and O–H groups in total. The molecule has 0 aromatic carbocycles. The Kier molecular flexibility index (Phi) is 6.12. The van der Waals surface area contributed by atoms with Crippen LogP contribution in [0.5, 0.6) is 0 Å². The number of carbonyl (C=O) groups is 1. The van der Waals surface area contributed by atoms with Crippen LogP contribution in [0.25, 0.3) is 0 Å². The summed E-state index contributed by atoms with van der Waals surface area (Å²) in [6, 6.07) is 0.401. The summed E-state index contributed by atoms with van der Waals surface area (Å²) < 4.78 is 0. The first kappa shape index (κ1) is 15.0. The molecule has 0 aliphatic carbocycles. The molecule has 1 heterocycles. The van der Waals surface area contributed by atoms with Crippen LogP contribution in [0.3, 0.4) is 0 Å². The summed E-state index contributed by atoms with van der Waals surface area (Å²) in [5.41, 5.74) is 0.863. The Morgan fingerprint density at radius 2 is 2.17 bits per heavy atom. The second-order valence-corrected chi connectivity index (χ2v) is 5.41. The standard InChI is InChI=1S/C13H22N2O2S/c1-4-10(5-2)9(3)14-13-15-11(8-18-13)6-7-12(16)17/h8-10H,4-7H2,1-3H3,(H,14,15)(H,16,17). The van der Waals surface area contributed by atoms with E-state index < -0.39 is 5.97 Å². The summed E-state index contributed by atoms with van der Waals surface area (Å²) in [5.74, 6) is -0.126. The molecule has 0 saturated carbocycles. The maximum absolute atomic E-state index is 10.5. The molecule has 4 nitrogen and oxygen atoms in total. The molecule has 1 aromatic heterocycles. The Hall–Kier alpha value is -1.10. The molecule has 1 unspecified atom stereocenters. The Morgan fingerprint density at radius 1 is 1.50 bits per heavy atom. The number of hydrogen-bond acceptors (Lipinski definition) is 4. The molecular formula is C13H22N2O2S. The summed E-state index contributed by atoms with van der Waals surface area (Å²) in [7, 11) is 0. The smallest absolute Gasteiger partial charge is 0.303 e. The minimum absolute atomic E-state index is 0.144. The molecule has 1 rings (SSSR count). The average Bonchev–Trinajstić information content (AvgIpc) is 2.75. The minimum Gasteiger partial charge on any atom is -0.481 e. The van der Waals surface area contributed by atoms with Crippen molar-refractivity contribution in [3.05, 3.63) is 11.1 Å². The first-order valence-corrected chi connectivity index (χ1v) is 7.37. The van der Waals surface area contributed by atoms with Crippen molar-refractivity contribution < 1.29 is 9.90 Å². The van der Waals surface area contributed by atoms with E-state index >= 15 is 0 Å². The summed E-state index contributed by atoms with van der Waals surface area (Å²) in [6.45, 7) is 6.58. The molecule has 102 valence electrons. The largest absolute Gasteiger partial charge is 0.481 e. The van der Waals surface area contributed by atoms with E-state index in [0.29, 0.717) is 18.4 Å². The number of carboxylic acids is 1. The number of thiazole rings is 1. The Morgan fingerprint density at radius 3 is 2.72 bits per heavy atom. The van der Waals surface area contributed by atoms with Gasteiger partial charge >= 0.3 is 5.97 Å². The van der Waals surface area contributed by atoms with E-state index in [-0.39, 0.29) is 6.42 Å². The predicted molar refractivity (Wildman–Crippen MR) is 75.2 cm³/mol. The molecule has 0 amide bonds. The normalized spacial score (nSPS) is 12.7. The lowest BCUT2D eigenvalue weighted by Crippen LogP contribution is -2.24. The highest BCUT2D eigenvalue weighted by atomic mass is 32.1. The van der Waals surface area contributed by atoms with E-state index in [9.17, 15) is 4.79 Å². The highest BCUT2D eigenvalue weighted by Crippen LogP contribution is 2.21. The van der Waals surface area contributed by atoms with Gasteiger partial charge in [0.25, 0.3) is 0 Å². The Balaban J connectivity index is 2.50. The molecule has 0 fully saturated rings. The number of anilines is 1. The molecule has 18 heavy (non-hydrogen) atoms. The van der Waals surface area contributed by atoms with Crippen molar-refractivity contribution in [3.63, 3.8) is 0 Å². The molecule has 0 bridgehead atoms. The van der Waals surface area contributed by atoms with Crippen LogP contribution >= 0.6 is 11.3 Å². The number of aromatic nitrogens is 1. The van der Waals surface area contributed by atoms with Crippen LogP contribution in [-0.4, -0.2) is 22.1 Å². The van der Waals surface area contributed by atoms with Crippen molar-refractivity contribution in [2.24, 2.45) is 5.92 Å². The average molecular weight is 270 g/mol. The van der Waals surface area contributed by atoms with E-state index in [4.69, 9.17) is 5.11 Å². The fraction of sp³-hybridized carbons (Fsp3) is 0.692. The van der Waals surface area contributed by atoms with Gasteiger partial charge in [-0.2, -0.15) is 0 Å². The van der Waals surface area contributed by atoms with Crippen LogP contribution in [0.1, 0.15) is 45.7 Å². The number of aliphatic carboxylic acids is 1. The van der Waals surface area contributed by atoms with Crippen molar-refractivity contribution in [1.29, 1.82) is 0 Å². The van der Waals surface area contributed by atoms with E-state index in [0.717, 1.165) is 23.7 Å². The fourth-order valence-corrected chi connectivity index (χ4v) is 2.87. The van der Waals surface area contributed by atoms with Crippen LogP contribution in [0.15, 0.2) is 5.38 Å². The predicted octanol–water partition coefficient (Wildman–Crippen LogP) is 3.40. The van der Waals surface area contributed by atoms with Crippen molar-refractivity contribution in [3.8, 4) is 0 Å². The van der Waals surface area contributed by atoms with E-state index in [1.807, 2.05) is 5.38 Å². The van der Waals surface area contributed by atoms with Gasteiger partial charge in [0.1, 0.15) is 0 Å². The maximum atomic E-state index is 10.5. The third kappa shape index (κ3) is 4.64. The van der Waals surface area contributed by atoms with Gasteiger partial charge in [-0.1, -0.05) is 26.7 Å². The van der Waals surface area contributed by atoms with E-state index in [1.165, 1.54) is 0 Å². The monoisotopic (exact) mass is 270 g/mol. The number of hydrogen-bond donors (Lipinski definition) is 2. The maximum Gasteiger partial charge on any atom is 0.303 e. The topological polar surface area (TPSA) is 62.2 Å². The van der Waals surface area contributed by atoms with Gasteiger partial charge in [0, 0.05) is 17.8 Å². The van der Waals surface area contributed by atoms with Crippen LogP contribution in [0, 0.1) is 5.92 Å². The van der Waals surface area contributed by atoms with Crippen LogP contribution in [-0.2, 0) is 11.2 Å². The van der Waals surface area contributed by atoms with Gasteiger partial charge in [0.2, 0.25) is 0 Å². The second-order valence-electron chi connectivity index (χ2n) is 4.55. The molecule has 0 aliphatic heterocycles. The zero-order chi connectivity index (χ0) is 13.5. The number of rotatable bonds is 8. The van der Waals surface area contributed by atoms with Crippen molar-refractivity contribution in [2.45, 2.75) is 52.5 Å². The highest BCUT2D eigenvalue weighted by molar-refractivity contribution is 7.13. The summed E-state index contributed by atoms with van der Waals surface area (Å²) >= 11 is 1.55. The Bertz CT molecular complexity index is 375. The fourth-order valence-electron chi connectivity index (χ4n) is 2.03. The molecule has 1 atom stereocenters. The molecule has 0 saturated heterocycles. The molecule has 0 radical (unpaired) electrons. The molecule has 0 spiro atoms. The Labute approximate surface area is 112 Å². The third-order valence-corrected chi connectivity index (χ3v) is 4.08. The quantitative estimate of drug-likeness (QED) is 0.760. The van der Waals surface area contributed by atoms with Gasteiger partial charge in [-0.3, -0.25) is 4.79 Å². The van der Waals surface area contributed by atoms with Gasteiger partial charge in [-0.05, 0) is 12.8 Å². The number of nitrogens with one attached hydrogen (secondary N) is 1. The zero-order valence-electron chi connectivity index (χ0n) is 11.3. The number of carboxylic acid groups (broad SMARTS) is 1. The summed E-state index contributed by atoms with van der Waals surface area (Å²) in [6.07, 6.45) is 2.96. The van der Waals surface area contributed by atoms with Gasteiger partial charge < -0.3 is 10.4 Å². The summed E-state index contributed by atoms with van der Waals surface area (Å²) in [4.78, 5) is 14.9.